The molecule has 3 fully saturated rings. The van der Waals surface area contributed by atoms with Crippen molar-refractivity contribution in [2.24, 2.45) is 5.92 Å². The summed E-state index contributed by atoms with van der Waals surface area (Å²) in [7, 11) is 0. The summed E-state index contributed by atoms with van der Waals surface area (Å²) in [5, 5.41) is 3.25. The molecular formula is C17H19N3OS2. The first kappa shape index (κ1) is 15.2. The van der Waals surface area contributed by atoms with Gasteiger partial charge in [0.2, 0.25) is 0 Å². The van der Waals surface area contributed by atoms with Crippen LogP contribution in [0.1, 0.15) is 22.5 Å². The summed E-state index contributed by atoms with van der Waals surface area (Å²) in [5.74, 6) is 0.736. The highest BCUT2D eigenvalue weighted by atomic mass is 32.2. The molecule has 3 aliphatic rings. The number of carbonyl (C=O) groups is 1. The van der Waals surface area contributed by atoms with Crippen LogP contribution >= 0.6 is 23.1 Å². The largest absolute Gasteiger partial charge is 0.347 e. The van der Waals surface area contributed by atoms with Gasteiger partial charge < -0.3 is 10.2 Å². The lowest BCUT2D eigenvalue weighted by Crippen LogP contribution is -2.57. The highest BCUT2D eigenvalue weighted by Crippen LogP contribution is 2.33. The minimum atomic E-state index is 0.0757. The van der Waals surface area contributed by atoms with Crippen LogP contribution in [0.2, 0.25) is 0 Å². The zero-order valence-corrected chi connectivity index (χ0v) is 14.4. The molecule has 0 saturated carbocycles. The first-order chi connectivity index (χ1) is 11.3. The van der Waals surface area contributed by atoms with Gasteiger partial charge in [-0.3, -0.25) is 9.78 Å². The van der Waals surface area contributed by atoms with Gasteiger partial charge in [0.15, 0.2) is 0 Å². The van der Waals surface area contributed by atoms with Crippen LogP contribution in [0.15, 0.2) is 45.8 Å². The van der Waals surface area contributed by atoms with Crippen molar-refractivity contribution in [2.75, 3.05) is 19.6 Å². The number of hydrogen-bond acceptors (Lipinski definition) is 5. The summed E-state index contributed by atoms with van der Waals surface area (Å²) in [6.45, 7) is 3.41. The van der Waals surface area contributed by atoms with Gasteiger partial charge in [0.05, 0.1) is 9.09 Å². The molecule has 1 atom stereocenters. The highest BCUT2D eigenvalue weighted by molar-refractivity contribution is 8.01. The maximum Gasteiger partial charge on any atom is 0.261 e. The van der Waals surface area contributed by atoms with Crippen LogP contribution in [0.3, 0.4) is 0 Å². The molecule has 0 aromatic carbocycles. The monoisotopic (exact) mass is 345 g/mol. The number of aromatic nitrogens is 1. The predicted molar refractivity (Wildman–Crippen MR) is 93.1 cm³/mol. The van der Waals surface area contributed by atoms with Gasteiger partial charge in [-0.2, -0.15) is 0 Å². The average Bonchev–Trinajstić information content (AvgIpc) is 3.05. The van der Waals surface area contributed by atoms with E-state index in [4.69, 9.17) is 0 Å². The van der Waals surface area contributed by atoms with E-state index in [2.05, 4.69) is 15.2 Å². The van der Waals surface area contributed by atoms with E-state index in [1.807, 2.05) is 30.5 Å². The van der Waals surface area contributed by atoms with Crippen molar-refractivity contribution < 1.29 is 4.79 Å². The first-order valence-corrected chi connectivity index (χ1v) is 9.62. The Balaban J connectivity index is 1.39. The Kier molecular flexibility index (Phi) is 4.37. The number of nitrogens with one attached hydrogen (secondary N) is 1. The van der Waals surface area contributed by atoms with Crippen molar-refractivity contribution in [1.29, 1.82) is 0 Å². The Labute approximate surface area is 144 Å². The molecule has 3 saturated heterocycles. The van der Waals surface area contributed by atoms with Crippen LogP contribution in [-0.4, -0.2) is 41.5 Å². The van der Waals surface area contributed by atoms with E-state index in [9.17, 15) is 4.79 Å². The van der Waals surface area contributed by atoms with E-state index < -0.39 is 0 Å². The van der Waals surface area contributed by atoms with Crippen LogP contribution in [-0.2, 0) is 0 Å². The van der Waals surface area contributed by atoms with Gasteiger partial charge >= 0.3 is 0 Å². The van der Waals surface area contributed by atoms with Crippen molar-refractivity contribution in [3.63, 3.8) is 0 Å². The van der Waals surface area contributed by atoms with Gasteiger partial charge in [-0.15, -0.1) is 11.3 Å². The molecule has 1 unspecified atom stereocenters. The number of pyridine rings is 1. The molecule has 120 valence electrons. The standard InChI is InChI=1S/C17H19N3OS2/c21-17(19-14-11-20-8-5-12(14)6-9-20)15-3-4-16(23-15)22-13-2-1-7-18-10-13/h1-4,7,10,12,14H,5-6,8-9,11H2,(H,19,21). The molecule has 1 amide bonds. The fourth-order valence-corrected chi connectivity index (χ4v) is 5.38. The second kappa shape index (κ2) is 6.63. The molecule has 2 aromatic heterocycles. The van der Waals surface area contributed by atoms with Gasteiger partial charge in [-0.05, 0) is 56.1 Å². The maximum atomic E-state index is 12.5. The van der Waals surface area contributed by atoms with Crippen LogP contribution in [0.25, 0.3) is 0 Å². The SMILES string of the molecule is O=C(NC1CN2CCC1CC2)c1ccc(Sc2cccnc2)s1. The highest BCUT2D eigenvalue weighted by Gasteiger charge is 2.35. The lowest BCUT2D eigenvalue weighted by Gasteiger charge is -2.44. The number of nitrogens with zero attached hydrogens (tertiary/aromatic N) is 2. The van der Waals surface area contributed by atoms with Crippen molar-refractivity contribution >= 4 is 29.0 Å². The van der Waals surface area contributed by atoms with Gasteiger partial charge in [-0.25, -0.2) is 0 Å². The van der Waals surface area contributed by atoms with Crippen LogP contribution in [0.4, 0.5) is 0 Å². The lowest BCUT2D eigenvalue weighted by atomic mass is 9.84. The Hall–Kier alpha value is -1.37. The van der Waals surface area contributed by atoms with Crippen LogP contribution in [0.5, 0.6) is 0 Å². The Morgan fingerprint density at radius 1 is 1.30 bits per heavy atom. The fourth-order valence-electron chi connectivity index (χ4n) is 3.39. The van der Waals surface area contributed by atoms with E-state index in [0.29, 0.717) is 12.0 Å². The number of thiophene rings is 1. The third-order valence-electron chi connectivity index (χ3n) is 4.63. The molecule has 5 rings (SSSR count). The minimum absolute atomic E-state index is 0.0757. The van der Waals surface area contributed by atoms with E-state index in [1.54, 1.807) is 29.3 Å². The zero-order valence-electron chi connectivity index (χ0n) is 12.8. The zero-order chi connectivity index (χ0) is 15.6. The summed E-state index contributed by atoms with van der Waals surface area (Å²) in [6.07, 6.45) is 6.05. The molecule has 1 N–H and O–H groups in total. The second-order valence-corrected chi connectivity index (χ2v) is 8.59. The number of rotatable bonds is 4. The third-order valence-corrected chi connectivity index (χ3v) is 6.82. The Morgan fingerprint density at radius 3 is 2.87 bits per heavy atom. The lowest BCUT2D eigenvalue weighted by molar-refractivity contribution is 0.0622. The normalized spacial score (nSPS) is 26.2. The fraction of sp³-hybridized carbons (Fsp3) is 0.412. The summed E-state index contributed by atoms with van der Waals surface area (Å²) in [4.78, 5) is 21.0. The molecular weight excluding hydrogens is 326 g/mol. The molecule has 4 nitrogen and oxygen atoms in total. The van der Waals surface area contributed by atoms with Crippen molar-refractivity contribution in [3.8, 4) is 0 Å². The second-order valence-electron chi connectivity index (χ2n) is 6.13. The molecule has 5 heterocycles. The van der Waals surface area contributed by atoms with Crippen molar-refractivity contribution in [3.05, 3.63) is 41.5 Å². The van der Waals surface area contributed by atoms with Crippen LogP contribution in [0, 0.1) is 5.92 Å². The van der Waals surface area contributed by atoms with Gasteiger partial charge in [0.25, 0.3) is 5.91 Å². The quantitative estimate of drug-likeness (QED) is 0.925. The molecule has 6 heteroatoms. The van der Waals surface area contributed by atoms with Crippen molar-refractivity contribution in [2.45, 2.75) is 28.0 Å². The number of amides is 1. The summed E-state index contributed by atoms with van der Waals surface area (Å²) in [6, 6.07) is 8.23. The number of carbonyl (C=O) groups excluding carboxylic acids is 1. The summed E-state index contributed by atoms with van der Waals surface area (Å²) in [5.41, 5.74) is 0. The van der Waals surface area contributed by atoms with E-state index in [1.165, 1.54) is 25.9 Å². The molecule has 2 bridgehead atoms. The molecule has 0 spiro atoms. The number of hydrogen-bond donors (Lipinski definition) is 1. The molecule has 3 aliphatic heterocycles. The van der Waals surface area contributed by atoms with Gasteiger partial charge in [0, 0.05) is 29.9 Å². The smallest absolute Gasteiger partial charge is 0.261 e. The average molecular weight is 345 g/mol. The maximum absolute atomic E-state index is 12.5. The Bertz CT molecular complexity index is 680. The van der Waals surface area contributed by atoms with Gasteiger partial charge in [0.1, 0.15) is 0 Å². The topological polar surface area (TPSA) is 45.2 Å². The third kappa shape index (κ3) is 3.44. The number of fused-ring (bicyclic) bond motifs is 3. The van der Waals surface area contributed by atoms with E-state index in [-0.39, 0.29) is 5.91 Å². The predicted octanol–water partition coefficient (Wildman–Crippen LogP) is 3.12. The number of piperidine rings is 3. The molecule has 0 aliphatic carbocycles. The molecule has 0 radical (unpaired) electrons. The molecule has 23 heavy (non-hydrogen) atoms. The molecule has 2 aromatic rings. The van der Waals surface area contributed by atoms with E-state index >= 15 is 0 Å². The van der Waals surface area contributed by atoms with Crippen molar-refractivity contribution in [1.82, 2.24) is 15.2 Å². The summed E-state index contributed by atoms with van der Waals surface area (Å²) < 4.78 is 1.12. The Morgan fingerprint density at radius 2 is 2.17 bits per heavy atom. The van der Waals surface area contributed by atoms with E-state index in [0.717, 1.165) is 20.5 Å². The summed E-state index contributed by atoms with van der Waals surface area (Å²) >= 11 is 3.21. The van der Waals surface area contributed by atoms with Crippen LogP contribution < -0.4 is 5.32 Å². The van der Waals surface area contributed by atoms with Gasteiger partial charge in [-0.1, -0.05) is 11.8 Å². The first-order valence-electron chi connectivity index (χ1n) is 7.99. The minimum Gasteiger partial charge on any atom is -0.347 e.